The van der Waals surface area contributed by atoms with Crippen LogP contribution in [0.15, 0.2) is 77.7 Å². The number of rotatable bonds is 12. The van der Waals surface area contributed by atoms with Gasteiger partial charge in [0.25, 0.3) is 10.0 Å². The molecule has 8 nitrogen and oxygen atoms in total. The van der Waals surface area contributed by atoms with Gasteiger partial charge in [0.05, 0.1) is 17.7 Å². The van der Waals surface area contributed by atoms with E-state index >= 15 is 0 Å². The van der Waals surface area contributed by atoms with Crippen molar-refractivity contribution >= 4 is 27.5 Å². The summed E-state index contributed by atoms with van der Waals surface area (Å²) in [6.45, 7) is 5.27. The lowest BCUT2D eigenvalue weighted by Gasteiger charge is -2.34. The van der Waals surface area contributed by atoms with E-state index < -0.39 is 28.5 Å². The lowest BCUT2D eigenvalue weighted by atomic mass is 10.1. The first-order valence-electron chi connectivity index (χ1n) is 14.5. The Morgan fingerprint density at radius 1 is 0.976 bits per heavy atom. The first kappa shape index (κ1) is 31.1. The van der Waals surface area contributed by atoms with Crippen molar-refractivity contribution in [3.8, 4) is 5.75 Å². The summed E-state index contributed by atoms with van der Waals surface area (Å²) in [5.41, 5.74) is 2.83. The van der Waals surface area contributed by atoms with Crippen molar-refractivity contribution in [1.29, 1.82) is 0 Å². The maximum Gasteiger partial charge on any atom is 0.264 e. The summed E-state index contributed by atoms with van der Waals surface area (Å²) < 4.78 is 34.6. The molecule has 4 rings (SSSR count). The van der Waals surface area contributed by atoms with Crippen LogP contribution >= 0.6 is 0 Å². The maximum absolute atomic E-state index is 14.3. The van der Waals surface area contributed by atoms with Crippen LogP contribution in [0.2, 0.25) is 0 Å². The van der Waals surface area contributed by atoms with Crippen LogP contribution in [-0.4, -0.2) is 50.9 Å². The number of hydrogen-bond acceptors (Lipinski definition) is 5. The Kier molecular flexibility index (Phi) is 10.3. The van der Waals surface area contributed by atoms with Gasteiger partial charge in [-0.05, 0) is 80.1 Å². The van der Waals surface area contributed by atoms with Crippen LogP contribution in [0.25, 0.3) is 0 Å². The van der Waals surface area contributed by atoms with Gasteiger partial charge in [-0.15, -0.1) is 0 Å². The topological polar surface area (TPSA) is 96.0 Å². The number of hydrogen-bond donors (Lipinski definition) is 1. The van der Waals surface area contributed by atoms with Crippen LogP contribution in [0.4, 0.5) is 5.69 Å². The normalized spacial score (nSPS) is 14.3. The number of carbonyl (C=O) groups excluding carboxylic acids is 2. The second kappa shape index (κ2) is 13.9. The standard InChI is InChI=1S/C33H41N3O5S/c1-5-30(33(38)34-27-11-9-10-12-27)35(22-26-17-19-28(41-4)20-18-26)32(37)23-36(31-21-24(2)15-16-25(31)3)42(39,40)29-13-7-6-8-14-29/h6-8,13-21,27,30H,5,9-12,22-23H2,1-4H3,(H,34,38). The molecule has 1 fully saturated rings. The summed E-state index contributed by atoms with van der Waals surface area (Å²) in [6.07, 6.45) is 4.36. The van der Waals surface area contributed by atoms with Crippen molar-refractivity contribution < 1.29 is 22.7 Å². The zero-order valence-electron chi connectivity index (χ0n) is 24.9. The van der Waals surface area contributed by atoms with E-state index in [1.807, 2.05) is 45.0 Å². The molecule has 0 spiro atoms. The number of benzene rings is 3. The minimum absolute atomic E-state index is 0.0893. The maximum atomic E-state index is 14.3. The minimum atomic E-state index is -4.11. The number of anilines is 1. The third-order valence-electron chi connectivity index (χ3n) is 7.84. The van der Waals surface area contributed by atoms with Gasteiger partial charge in [-0.25, -0.2) is 8.42 Å². The third kappa shape index (κ3) is 7.31. The second-order valence-corrected chi connectivity index (χ2v) is 12.8. The molecule has 9 heteroatoms. The highest BCUT2D eigenvalue weighted by Crippen LogP contribution is 2.29. The Morgan fingerprint density at radius 2 is 1.64 bits per heavy atom. The van der Waals surface area contributed by atoms with Crippen molar-refractivity contribution in [3.05, 3.63) is 89.5 Å². The number of ether oxygens (including phenoxy) is 1. The van der Waals surface area contributed by atoms with E-state index in [4.69, 9.17) is 4.74 Å². The number of aryl methyl sites for hydroxylation is 2. The van der Waals surface area contributed by atoms with E-state index in [2.05, 4.69) is 5.32 Å². The number of nitrogens with one attached hydrogen (secondary N) is 1. The molecule has 0 aromatic heterocycles. The molecule has 0 saturated heterocycles. The summed E-state index contributed by atoms with van der Waals surface area (Å²) in [4.78, 5) is 29.5. The van der Waals surface area contributed by atoms with Gasteiger partial charge in [0.1, 0.15) is 18.3 Å². The molecular weight excluding hydrogens is 550 g/mol. The largest absolute Gasteiger partial charge is 0.497 e. The van der Waals surface area contributed by atoms with Crippen LogP contribution in [0, 0.1) is 13.8 Å². The van der Waals surface area contributed by atoms with Crippen molar-refractivity contribution in [2.24, 2.45) is 0 Å². The van der Waals surface area contributed by atoms with Crippen molar-refractivity contribution in [1.82, 2.24) is 10.2 Å². The minimum Gasteiger partial charge on any atom is -0.497 e. The Labute approximate surface area is 249 Å². The molecule has 3 aromatic carbocycles. The molecule has 42 heavy (non-hydrogen) atoms. The van der Waals surface area contributed by atoms with E-state index in [1.165, 1.54) is 21.3 Å². The van der Waals surface area contributed by atoms with Gasteiger partial charge in [-0.1, -0.05) is 62.2 Å². The first-order valence-corrected chi connectivity index (χ1v) is 16.0. The van der Waals surface area contributed by atoms with Crippen LogP contribution in [0.1, 0.15) is 55.7 Å². The monoisotopic (exact) mass is 591 g/mol. The van der Waals surface area contributed by atoms with Crippen LogP contribution in [-0.2, 0) is 26.2 Å². The van der Waals surface area contributed by atoms with Crippen LogP contribution < -0.4 is 14.4 Å². The fourth-order valence-electron chi connectivity index (χ4n) is 5.44. The van der Waals surface area contributed by atoms with Crippen LogP contribution in [0.3, 0.4) is 0 Å². The number of nitrogens with zero attached hydrogens (tertiary/aromatic N) is 2. The molecule has 0 radical (unpaired) electrons. The molecule has 0 heterocycles. The van der Waals surface area contributed by atoms with Gasteiger partial charge in [0.15, 0.2) is 0 Å². The zero-order valence-corrected chi connectivity index (χ0v) is 25.7. The molecule has 1 aliphatic carbocycles. The van der Waals surface area contributed by atoms with Crippen molar-refractivity contribution in [2.75, 3.05) is 18.0 Å². The molecule has 1 saturated carbocycles. The Hall–Kier alpha value is -3.85. The predicted octanol–water partition coefficient (Wildman–Crippen LogP) is 5.37. The third-order valence-corrected chi connectivity index (χ3v) is 9.62. The Bertz CT molecular complexity index is 1470. The molecule has 0 aliphatic heterocycles. The predicted molar refractivity (Wildman–Crippen MR) is 165 cm³/mol. The van der Waals surface area contributed by atoms with Gasteiger partial charge in [-0.2, -0.15) is 0 Å². The lowest BCUT2D eigenvalue weighted by molar-refractivity contribution is -0.140. The van der Waals surface area contributed by atoms with E-state index in [-0.39, 0.29) is 23.4 Å². The molecule has 2 amide bonds. The SMILES string of the molecule is CCC(C(=O)NC1CCCC1)N(Cc1ccc(OC)cc1)C(=O)CN(c1cc(C)ccc1C)S(=O)(=O)c1ccccc1. The highest BCUT2D eigenvalue weighted by Gasteiger charge is 2.35. The Morgan fingerprint density at radius 3 is 2.26 bits per heavy atom. The quantitative estimate of drug-likeness (QED) is 0.305. The summed E-state index contributed by atoms with van der Waals surface area (Å²) in [5, 5.41) is 3.14. The summed E-state index contributed by atoms with van der Waals surface area (Å²) >= 11 is 0. The van der Waals surface area contributed by atoms with E-state index in [1.54, 1.807) is 43.5 Å². The van der Waals surface area contributed by atoms with Crippen LogP contribution in [0.5, 0.6) is 5.75 Å². The van der Waals surface area contributed by atoms with Gasteiger partial charge < -0.3 is 15.0 Å². The molecule has 1 N–H and O–H groups in total. The molecule has 3 aromatic rings. The highest BCUT2D eigenvalue weighted by atomic mass is 32.2. The summed E-state index contributed by atoms with van der Waals surface area (Å²) in [6, 6.07) is 20.3. The van der Waals surface area contributed by atoms with Crippen molar-refractivity contribution in [3.63, 3.8) is 0 Å². The second-order valence-electron chi connectivity index (χ2n) is 10.9. The fourth-order valence-corrected chi connectivity index (χ4v) is 6.93. The molecular formula is C33H41N3O5S. The fraction of sp³-hybridized carbons (Fsp3) is 0.394. The number of sulfonamides is 1. The molecule has 0 bridgehead atoms. The number of carbonyl (C=O) groups is 2. The van der Waals surface area contributed by atoms with Gasteiger partial charge >= 0.3 is 0 Å². The zero-order chi connectivity index (χ0) is 30.3. The molecule has 224 valence electrons. The molecule has 1 unspecified atom stereocenters. The highest BCUT2D eigenvalue weighted by molar-refractivity contribution is 7.92. The average Bonchev–Trinajstić information content (AvgIpc) is 3.50. The van der Waals surface area contributed by atoms with Gasteiger partial charge in [-0.3, -0.25) is 13.9 Å². The molecule has 1 aliphatic rings. The number of amides is 2. The van der Waals surface area contributed by atoms with E-state index in [0.717, 1.165) is 42.4 Å². The number of methoxy groups -OCH3 is 1. The first-order chi connectivity index (χ1) is 20.1. The van der Waals surface area contributed by atoms with Gasteiger partial charge in [0.2, 0.25) is 11.8 Å². The smallest absolute Gasteiger partial charge is 0.264 e. The van der Waals surface area contributed by atoms with E-state index in [9.17, 15) is 18.0 Å². The molecule has 1 atom stereocenters. The Balaban J connectivity index is 1.73. The van der Waals surface area contributed by atoms with Gasteiger partial charge in [0, 0.05) is 12.6 Å². The van der Waals surface area contributed by atoms with Crippen molar-refractivity contribution in [2.45, 2.75) is 76.4 Å². The average molecular weight is 592 g/mol. The lowest BCUT2D eigenvalue weighted by Crippen LogP contribution is -2.53. The summed E-state index contributed by atoms with van der Waals surface area (Å²) in [7, 11) is -2.52. The summed E-state index contributed by atoms with van der Waals surface area (Å²) in [5.74, 6) is 0.00723. The van der Waals surface area contributed by atoms with E-state index in [0.29, 0.717) is 17.9 Å².